The first-order valence-corrected chi connectivity index (χ1v) is 7.37. The minimum atomic E-state index is -1.73. The normalized spacial score (nSPS) is 46.5. The Morgan fingerprint density at radius 1 is 1.08 bits per heavy atom. The van der Waals surface area contributed by atoms with Gasteiger partial charge >= 0.3 is 5.97 Å². The Balaban J connectivity index is 2.17. The smallest absolute Gasteiger partial charge is 0.303 e. The highest BCUT2D eigenvalue weighted by atomic mass is 16.7. The quantitative estimate of drug-likeness (QED) is 0.270. The number of ether oxygens (including phenoxy) is 4. The highest BCUT2D eigenvalue weighted by Crippen LogP contribution is 2.28. The minimum absolute atomic E-state index is 0.330. The van der Waals surface area contributed by atoms with Gasteiger partial charge in [-0.1, -0.05) is 0 Å². The third-order valence-electron chi connectivity index (χ3n) is 3.86. The second-order valence-electron chi connectivity index (χ2n) is 5.66. The molecule has 6 N–H and O–H groups in total. The average molecular weight is 354 g/mol. The van der Waals surface area contributed by atoms with Crippen LogP contribution in [-0.2, 0) is 23.7 Å². The fraction of sp³-hybridized carbons (Fsp3) is 0.923. The van der Waals surface area contributed by atoms with Crippen LogP contribution in [0.3, 0.4) is 0 Å². The molecule has 2 fully saturated rings. The topological polar surface area (TPSA) is 175 Å². The van der Waals surface area contributed by atoms with E-state index in [9.17, 15) is 35.4 Å². The average Bonchev–Trinajstić information content (AvgIpc) is 2.53. The molecule has 2 aliphatic heterocycles. The third-order valence-corrected chi connectivity index (χ3v) is 3.86. The molecule has 2 saturated heterocycles. The molecule has 2 aliphatic rings. The summed E-state index contributed by atoms with van der Waals surface area (Å²) in [7, 11) is 0. The Morgan fingerprint density at radius 2 is 1.75 bits per heavy atom. The lowest BCUT2D eigenvalue weighted by atomic mass is 9.98. The van der Waals surface area contributed by atoms with Crippen molar-refractivity contribution < 1.29 is 54.4 Å². The lowest BCUT2D eigenvalue weighted by Crippen LogP contribution is -2.63. The minimum Gasteiger partial charge on any atom is -0.457 e. The molecule has 0 spiro atoms. The van der Waals surface area contributed by atoms with Crippen LogP contribution in [0.5, 0.6) is 0 Å². The van der Waals surface area contributed by atoms with E-state index in [0.29, 0.717) is 0 Å². The maximum Gasteiger partial charge on any atom is 0.303 e. The highest BCUT2D eigenvalue weighted by Gasteiger charge is 2.50. The summed E-state index contributed by atoms with van der Waals surface area (Å²) < 4.78 is 20.4. The molecule has 0 saturated carbocycles. The molecule has 11 nitrogen and oxygen atoms in total. The van der Waals surface area contributed by atoms with E-state index in [1.54, 1.807) is 0 Å². The first-order valence-electron chi connectivity index (χ1n) is 7.37. The zero-order valence-corrected chi connectivity index (χ0v) is 12.8. The molecule has 11 heteroatoms. The molecule has 0 amide bonds. The fourth-order valence-electron chi connectivity index (χ4n) is 2.60. The van der Waals surface area contributed by atoms with Gasteiger partial charge in [0.2, 0.25) is 0 Å². The molecule has 9 atom stereocenters. The predicted octanol–water partition coefficient (Wildman–Crippen LogP) is -4.19. The Bertz CT molecular complexity index is 432. The maximum absolute atomic E-state index is 11.2. The van der Waals surface area contributed by atoms with Crippen LogP contribution in [-0.4, -0.2) is 105 Å². The van der Waals surface area contributed by atoms with Crippen molar-refractivity contribution >= 4 is 5.97 Å². The first kappa shape index (κ1) is 19.4. The van der Waals surface area contributed by atoms with Crippen LogP contribution in [0.25, 0.3) is 0 Å². The molecule has 0 aromatic rings. The Labute approximate surface area is 136 Å². The van der Waals surface area contributed by atoms with Crippen molar-refractivity contribution in [1.82, 2.24) is 0 Å². The molecule has 0 aromatic heterocycles. The van der Waals surface area contributed by atoms with Gasteiger partial charge in [0.15, 0.2) is 18.7 Å². The molecule has 24 heavy (non-hydrogen) atoms. The van der Waals surface area contributed by atoms with Gasteiger partial charge in [0.25, 0.3) is 0 Å². The molecular formula is C13H22O11. The van der Waals surface area contributed by atoms with Gasteiger partial charge < -0.3 is 49.6 Å². The van der Waals surface area contributed by atoms with Crippen LogP contribution in [0.2, 0.25) is 0 Å². The summed E-state index contributed by atoms with van der Waals surface area (Å²) in [6.45, 7) is 0.0928. The van der Waals surface area contributed by atoms with Crippen LogP contribution in [0, 0.1) is 0 Å². The van der Waals surface area contributed by atoms with Crippen molar-refractivity contribution in [3.05, 3.63) is 0 Å². The van der Waals surface area contributed by atoms with Gasteiger partial charge in [0.05, 0.1) is 13.2 Å². The standard InChI is InChI=1S/C13H22O11/c1-4(15)22-11-9(19)12(20)23-6(2-14)10(11)24-13-8(18)7(17)5(16)3-21-13/h5-14,16-20H,2-3H2,1H3/t5-,6-,7+,8-,9-,10-,11+,12?,13+/m1/s1. The highest BCUT2D eigenvalue weighted by molar-refractivity contribution is 5.66. The summed E-state index contributed by atoms with van der Waals surface area (Å²) in [6, 6.07) is 0. The van der Waals surface area contributed by atoms with Crippen molar-refractivity contribution in [2.75, 3.05) is 13.2 Å². The summed E-state index contributed by atoms with van der Waals surface area (Å²) >= 11 is 0. The van der Waals surface area contributed by atoms with Crippen molar-refractivity contribution in [1.29, 1.82) is 0 Å². The largest absolute Gasteiger partial charge is 0.457 e. The molecule has 1 unspecified atom stereocenters. The van der Waals surface area contributed by atoms with Gasteiger partial charge in [-0.05, 0) is 0 Å². The van der Waals surface area contributed by atoms with Crippen molar-refractivity contribution in [3.63, 3.8) is 0 Å². The molecule has 0 radical (unpaired) electrons. The fourth-order valence-corrected chi connectivity index (χ4v) is 2.60. The lowest BCUT2D eigenvalue weighted by molar-refractivity contribution is -0.343. The van der Waals surface area contributed by atoms with Gasteiger partial charge in [-0.2, -0.15) is 0 Å². The second kappa shape index (κ2) is 7.99. The Hall–Kier alpha value is -0.890. The summed E-state index contributed by atoms with van der Waals surface area (Å²) in [5, 5.41) is 57.9. The zero-order valence-electron chi connectivity index (χ0n) is 12.8. The number of aliphatic hydroxyl groups is 6. The van der Waals surface area contributed by atoms with E-state index in [4.69, 9.17) is 18.9 Å². The molecule has 140 valence electrons. The van der Waals surface area contributed by atoms with Gasteiger partial charge in [-0.15, -0.1) is 0 Å². The maximum atomic E-state index is 11.2. The van der Waals surface area contributed by atoms with E-state index >= 15 is 0 Å². The molecule has 2 heterocycles. The van der Waals surface area contributed by atoms with Gasteiger partial charge in [0.1, 0.15) is 36.6 Å². The first-order chi connectivity index (χ1) is 11.3. The van der Waals surface area contributed by atoms with Crippen molar-refractivity contribution in [2.24, 2.45) is 0 Å². The van der Waals surface area contributed by atoms with Crippen LogP contribution < -0.4 is 0 Å². The molecule has 2 rings (SSSR count). The van der Waals surface area contributed by atoms with Crippen LogP contribution in [0.15, 0.2) is 0 Å². The van der Waals surface area contributed by atoms with Crippen molar-refractivity contribution in [3.8, 4) is 0 Å². The summed E-state index contributed by atoms with van der Waals surface area (Å²) in [5.74, 6) is -0.779. The van der Waals surface area contributed by atoms with E-state index in [2.05, 4.69) is 0 Å². The van der Waals surface area contributed by atoms with Crippen molar-refractivity contribution in [2.45, 2.75) is 62.2 Å². The van der Waals surface area contributed by atoms with E-state index in [0.717, 1.165) is 6.92 Å². The molecule has 0 aliphatic carbocycles. The number of rotatable bonds is 4. The SMILES string of the molecule is CC(=O)O[C@@H]1[C@H](O[C@@H]2OC[C@@H](O)[C@H](O)[C@H]2O)[C@@H](CO)OC(O)[C@@H]1O. The van der Waals surface area contributed by atoms with Crippen LogP contribution in [0.4, 0.5) is 0 Å². The Kier molecular flexibility index (Phi) is 6.47. The third kappa shape index (κ3) is 4.02. The van der Waals surface area contributed by atoms with E-state index < -0.39 is 67.9 Å². The van der Waals surface area contributed by atoms with E-state index in [1.165, 1.54) is 0 Å². The van der Waals surface area contributed by atoms with Gasteiger partial charge in [-0.3, -0.25) is 4.79 Å². The number of esters is 1. The molecular weight excluding hydrogens is 332 g/mol. The Morgan fingerprint density at radius 3 is 2.33 bits per heavy atom. The number of aliphatic hydroxyl groups excluding tert-OH is 6. The van der Waals surface area contributed by atoms with Crippen LogP contribution in [0.1, 0.15) is 6.92 Å². The lowest BCUT2D eigenvalue weighted by Gasteiger charge is -2.44. The summed E-state index contributed by atoms with van der Waals surface area (Å²) in [4.78, 5) is 11.2. The summed E-state index contributed by atoms with van der Waals surface area (Å²) in [6.07, 6.45) is -13.2. The molecule has 0 aromatic carbocycles. The monoisotopic (exact) mass is 354 g/mol. The number of carbonyl (C=O) groups is 1. The van der Waals surface area contributed by atoms with E-state index in [1.807, 2.05) is 0 Å². The summed E-state index contributed by atoms with van der Waals surface area (Å²) in [5.41, 5.74) is 0. The number of carbonyl (C=O) groups excluding carboxylic acids is 1. The predicted molar refractivity (Wildman–Crippen MR) is 72.2 cm³/mol. The van der Waals surface area contributed by atoms with Gasteiger partial charge in [0, 0.05) is 6.92 Å². The van der Waals surface area contributed by atoms with Gasteiger partial charge in [-0.25, -0.2) is 0 Å². The second-order valence-corrected chi connectivity index (χ2v) is 5.66. The van der Waals surface area contributed by atoms with E-state index in [-0.39, 0.29) is 6.61 Å². The number of hydrogen-bond acceptors (Lipinski definition) is 11. The zero-order chi connectivity index (χ0) is 18.0. The van der Waals surface area contributed by atoms with Crippen LogP contribution >= 0.6 is 0 Å². The molecule has 0 bridgehead atoms. The number of hydrogen-bond donors (Lipinski definition) is 6.